The molecule has 1 aromatic heterocycles. The largest absolute Gasteiger partial charge is 0.244 e. The average molecular weight is 365 g/mol. The molecule has 0 atom stereocenters. The molecule has 0 aliphatic heterocycles. The number of hydrogen-bond acceptors (Lipinski definition) is 2. The zero-order chi connectivity index (χ0) is 13.9. The molecule has 0 bridgehead atoms. The van der Waals surface area contributed by atoms with E-state index in [0.717, 1.165) is 32.1 Å². The summed E-state index contributed by atoms with van der Waals surface area (Å²) in [7, 11) is 0. The van der Waals surface area contributed by atoms with E-state index in [0.29, 0.717) is 0 Å². The number of hydrogen-bond donors (Lipinski definition) is 0. The minimum atomic E-state index is 0.794. The minimum absolute atomic E-state index is 0.794. The van der Waals surface area contributed by atoms with Gasteiger partial charge in [-0.1, -0.05) is 57.9 Å². The molecule has 0 saturated heterocycles. The van der Waals surface area contributed by atoms with Crippen molar-refractivity contribution in [2.75, 3.05) is 0 Å². The molecule has 0 unspecified atom stereocenters. The van der Waals surface area contributed by atoms with Crippen LogP contribution >= 0.6 is 38.9 Å². The Labute approximate surface area is 135 Å². The molecule has 3 aromatic rings. The summed E-state index contributed by atoms with van der Waals surface area (Å²) in [6.45, 7) is 0. The second-order valence-electron chi connectivity index (χ2n) is 4.41. The van der Waals surface area contributed by atoms with Gasteiger partial charge in [0.1, 0.15) is 5.01 Å². The van der Waals surface area contributed by atoms with Crippen LogP contribution in [0.2, 0.25) is 5.02 Å². The van der Waals surface area contributed by atoms with Crippen LogP contribution in [0.3, 0.4) is 0 Å². The van der Waals surface area contributed by atoms with Gasteiger partial charge in [-0.25, -0.2) is 4.98 Å². The molecule has 0 aliphatic rings. The van der Waals surface area contributed by atoms with Crippen molar-refractivity contribution in [2.45, 2.75) is 6.42 Å². The van der Waals surface area contributed by atoms with Crippen molar-refractivity contribution in [3.05, 3.63) is 74.7 Å². The number of thiazole rings is 1. The highest BCUT2D eigenvalue weighted by molar-refractivity contribution is 9.10. The Morgan fingerprint density at radius 3 is 2.70 bits per heavy atom. The van der Waals surface area contributed by atoms with Crippen molar-refractivity contribution in [2.24, 2.45) is 0 Å². The summed E-state index contributed by atoms with van der Waals surface area (Å²) in [5.74, 6) is 0. The van der Waals surface area contributed by atoms with E-state index in [-0.39, 0.29) is 0 Å². The standard InChI is InChI=1S/C16H11BrClNS/c17-13-6-7-15(18)12(8-13)9-14-10-19-16(20-14)11-4-2-1-3-5-11/h1-8,10H,9H2. The molecule has 0 radical (unpaired) electrons. The average Bonchev–Trinajstić information content (AvgIpc) is 2.92. The van der Waals surface area contributed by atoms with Gasteiger partial charge in [0.25, 0.3) is 0 Å². The summed E-state index contributed by atoms with van der Waals surface area (Å²) in [6, 6.07) is 16.2. The predicted octanol–water partition coefficient (Wildman–Crippen LogP) is 5.82. The van der Waals surface area contributed by atoms with Crippen LogP contribution in [0, 0.1) is 0 Å². The highest BCUT2D eigenvalue weighted by Crippen LogP contribution is 2.29. The predicted molar refractivity (Wildman–Crippen MR) is 89.5 cm³/mol. The number of halogens is 2. The Morgan fingerprint density at radius 1 is 1.10 bits per heavy atom. The maximum atomic E-state index is 6.23. The Balaban J connectivity index is 1.86. The Hall–Kier alpha value is -1.16. The van der Waals surface area contributed by atoms with E-state index in [1.54, 1.807) is 11.3 Å². The van der Waals surface area contributed by atoms with E-state index in [4.69, 9.17) is 11.6 Å². The molecule has 0 fully saturated rings. The second kappa shape index (κ2) is 6.08. The molecular weight excluding hydrogens is 354 g/mol. The first kappa shape index (κ1) is 13.8. The molecular formula is C16H11BrClNS. The fraction of sp³-hybridized carbons (Fsp3) is 0.0625. The highest BCUT2D eigenvalue weighted by Gasteiger charge is 2.07. The second-order valence-corrected chi connectivity index (χ2v) is 6.85. The molecule has 20 heavy (non-hydrogen) atoms. The van der Waals surface area contributed by atoms with Gasteiger partial charge in [0, 0.05) is 32.6 Å². The molecule has 1 nitrogen and oxygen atoms in total. The highest BCUT2D eigenvalue weighted by atomic mass is 79.9. The lowest BCUT2D eigenvalue weighted by atomic mass is 10.1. The van der Waals surface area contributed by atoms with Crippen LogP contribution in [0.15, 0.2) is 59.2 Å². The van der Waals surface area contributed by atoms with Gasteiger partial charge in [0.05, 0.1) is 0 Å². The number of aromatic nitrogens is 1. The van der Waals surface area contributed by atoms with Gasteiger partial charge < -0.3 is 0 Å². The topological polar surface area (TPSA) is 12.9 Å². The van der Waals surface area contributed by atoms with E-state index < -0.39 is 0 Å². The molecule has 0 amide bonds. The van der Waals surface area contributed by atoms with E-state index >= 15 is 0 Å². The summed E-state index contributed by atoms with van der Waals surface area (Å²) in [4.78, 5) is 5.71. The molecule has 0 aliphatic carbocycles. The summed E-state index contributed by atoms with van der Waals surface area (Å²) in [6.07, 6.45) is 2.74. The van der Waals surface area contributed by atoms with Gasteiger partial charge in [-0.15, -0.1) is 11.3 Å². The maximum absolute atomic E-state index is 6.23. The van der Waals surface area contributed by atoms with Crippen molar-refractivity contribution >= 4 is 38.9 Å². The first-order valence-electron chi connectivity index (χ1n) is 6.16. The fourth-order valence-electron chi connectivity index (χ4n) is 1.97. The van der Waals surface area contributed by atoms with Crippen LogP contribution in [0.5, 0.6) is 0 Å². The SMILES string of the molecule is Clc1ccc(Br)cc1Cc1cnc(-c2ccccc2)s1. The first-order chi connectivity index (χ1) is 9.72. The monoisotopic (exact) mass is 363 g/mol. The van der Waals surface area contributed by atoms with E-state index in [9.17, 15) is 0 Å². The molecule has 3 rings (SSSR count). The van der Waals surface area contributed by atoms with Crippen LogP contribution in [-0.2, 0) is 6.42 Å². The lowest BCUT2D eigenvalue weighted by Gasteiger charge is -2.02. The number of benzene rings is 2. The molecule has 0 spiro atoms. The summed E-state index contributed by atoms with van der Waals surface area (Å²) < 4.78 is 1.05. The van der Waals surface area contributed by atoms with E-state index in [2.05, 4.69) is 39.1 Å². The number of rotatable bonds is 3. The minimum Gasteiger partial charge on any atom is -0.244 e. The van der Waals surface area contributed by atoms with Crippen LogP contribution in [0.4, 0.5) is 0 Å². The smallest absolute Gasteiger partial charge is 0.123 e. The van der Waals surface area contributed by atoms with Crippen LogP contribution in [-0.4, -0.2) is 4.98 Å². The molecule has 1 heterocycles. The zero-order valence-corrected chi connectivity index (χ0v) is 13.7. The molecule has 2 aromatic carbocycles. The summed E-state index contributed by atoms with van der Waals surface area (Å²) in [5, 5.41) is 1.84. The lowest BCUT2D eigenvalue weighted by molar-refractivity contribution is 1.21. The Morgan fingerprint density at radius 2 is 1.90 bits per heavy atom. The van der Waals surface area contributed by atoms with Crippen LogP contribution in [0.1, 0.15) is 10.4 Å². The quantitative estimate of drug-likeness (QED) is 0.571. The van der Waals surface area contributed by atoms with E-state index in [1.165, 1.54) is 4.88 Å². The Bertz CT molecular complexity index is 724. The van der Waals surface area contributed by atoms with Crippen molar-refractivity contribution in [1.29, 1.82) is 0 Å². The molecule has 100 valence electrons. The van der Waals surface area contributed by atoms with Gasteiger partial charge in [-0.3, -0.25) is 0 Å². The third-order valence-electron chi connectivity index (χ3n) is 2.95. The van der Waals surface area contributed by atoms with Gasteiger partial charge in [0.2, 0.25) is 0 Å². The van der Waals surface area contributed by atoms with Crippen molar-refractivity contribution < 1.29 is 0 Å². The third-order valence-corrected chi connectivity index (χ3v) is 4.86. The van der Waals surface area contributed by atoms with Crippen molar-refractivity contribution in [3.8, 4) is 10.6 Å². The third kappa shape index (κ3) is 3.11. The van der Waals surface area contributed by atoms with Gasteiger partial charge in [0.15, 0.2) is 0 Å². The van der Waals surface area contributed by atoms with E-state index in [1.807, 2.05) is 36.5 Å². The summed E-state index contributed by atoms with van der Waals surface area (Å²) in [5.41, 5.74) is 2.27. The van der Waals surface area contributed by atoms with Crippen LogP contribution < -0.4 is 0 Å². The van der Waals surface area contributed by atoms with Gasteiger partial charge in [-0.2, -0.15) is 0 Å². The van der Waals surface area contributed by atoms with Crippen molar-refractivity contribution in [1.82, 2.24) is 4.98 Å². The maximum Gasteiger partial charge on any atom is 0.123 e. The van der Waals surface area contributed by atoms with Crippen molar-refractivity contribution in [3.63, 3.8) is 0 Å². The number of nitrogens with zero attached hydrogens (tertiary/aromatic N) is 1. The fourth-order valence-corrected chi connectivity index (χ4v) is 3.50. The zero-order valence-electron chi connectivity index (χ0n) is 10.5. The van der Waals surface area contributed by atoms with Crippen LogP contribution in [0.25, 0.3) is 10.6 Å². The summed E-state index contributed by atoms with van der Waals surface area (Å²) >= 11 is 11.4. The molecule has 4 heteroatoms. The molecule has 0 saturated carbocycles. The Kier molecular flexibility index (Phi) is 4.20. The first-order valence-corrected chi connectivity index (χ1v) is 8.15. The molecule has 0 N–H and O–H groups in total. The lowest BCUT2D eigenvalue weighted by Crippen LogP contribution is -1.86. The normalized spacial score (nSPS) is 10.7. The van der Waals surface area contributed by atoms with Gasteiger partial charge >= 0.3 is 0 Å². The van der Waals surface area contributed by atoms with Gasteiger partial charge in [-0.05, 0) is 23.8 Å².